The molecule has 0 radical (unpaired) electrons. The molecule has 10 heteroatoms. The van der Waals surface area contributed by atoms with E-state index in [1.807, 2.05) is 0 Å². The van der Waals surface area contributed by atoms with E-state index in [1.54, 1.807) is 0 Å². The van der Waals surface area contributed by atoms with Gasteiger partial charge in [0.05, 0.1) is 0 Å². The topological polar surface area (TPSA) is 138 Å². The summed E-state index contributed by atoms with van der Waals surface area (Å²) in [6, 6.07) is 0. The van der Waals surface area contributed by atoms with Gasteiger partial charge in [0.2, 0.25) is 0 Å². The Kier molecular flexibility index (Phi) is 38.8. The molecule has 0 unspecified atom stereocenters. The molecule has 0 heterocycles. The van der Waals surface area contributed by atoms with Gasteiger partial charge in [-0.25, -0.2) is 0 Å². The second kappa shape index (κ2) is 17.1. The monoisotopic (exact) mass is 172 g/mol. The van der Waals surface area contributed by atoms with Gasteiger partial charge in [-0.1, -0.05) is 0 Å². The molecule has 0 bridgehead atoms. The van der Waals surface area contributed by atoms with Crippen molar-refractivity contribution in [2.75, 3.05) is 0 Å². The summed E-state index contributed by atoms with van der Waals surface area (Å²) in [6.07, 6.45) is 0. The molecule has 0 N–H and O–H groups in total. The number of hydrogen-bond acceptors (Lipinski definition) is 6. The van der Waals surface area contributed by atoms with Crippen molar-refractivity contribution in [2.45, 2.75) is 0 Å². The van der Waals surface area contributed by atoms with Gasteiger partial charge in [-0.3, -0.25) is 14.6 Å². The van der Waals surface area contributed by atoms with Crippen molar-refractivity contribution < 1.29 is 101 Å². The maximum absolute atomic E-state index is 8.42. The van der Waals surface area contributed by atoms with Gasteiger partial charge in [0, 0.05) is 0 Å². The van der Waals surface area contributed by atoms with Crippen LogP contribution in [0.2, 0.25) is 0 Å². The van der Waals surface area contributed by atoms with Crippen molar-refractivity contribution in [1.82, 2.24) is 0 Å². The fourth-order valence-electron chi connectivity index (χ4n) is 0. The minimum Gasteiger partial charge on any atom is -1.00 e. The smallest absolute Gasteiger partial charge is 1.00 e. The molecule has 10 heavy (non-hydrogen) atoms. The maximum Gasteiger partial charge on any atom is 1.00 e. The molecule has 0 fully saturated rings. The Morgan fingerprint density at radius 1 is 0.700 bits per heavy atom. The Morgan fingerprint density at radius 3 is 0.700 bits per heavy atom. The molecule has 0 spiro atoms. The van der Waals surface area contributed by atoms with Gasteiger partial charge in [-0.15, -0.1) is 0 Å². The molecule has 0 aromatic heterocycles. The van der Waals surface area contributed by atoms with Crippen molar-refractivity contribution >= 4 is 14.6 Å². The van der Waals surface area contributed by atoms with Crippen molar-refractivity contribution in [3.63, 3.8) is 0 Å². The van der Waals surface area contributed by atoms with Crippen molar-refractivity contribution in [1.29, 1.82) is 0 Å². The molecule has 0 aliphatic heterocycles. The van der Waals surface area contributed by atoms with Crippen molar-refractivity contribution in [3.8, 4) is 0 Å². The zero-order valence-corrected chi connectivity index (χ0v) is 9.60. The summed E-state index contributed by atoms with van der Waals surface area (Å²) >= 11 is 0. The van der Waals surface area contributed by atoms with E-state index in [9.17, 15) is 0 Å². The summed E-state index contributed by atoms with van der Waals surface area (Å²) in [5.41, 5.74) is 0. The molecule has 52 valence electrons. The van der Waals surface area contributed by atoms with Crippen LogP contribution in [-0.2, 0) is 0 Å². The van der Waals surface area contributed by atoms with Crippen LogP contribution in [0.3, 0.4) is 0 Å². The summed E-state index contributed by atoms with van der Waals surface area (Å²) in [7, 11) is -5.83. The summed E-state index contributed by atoms with van der Waals surface area (Å²) in [5, 5.41) is 50.5. The van der Waals surface area contributed by atoms with Crippen LogP contribution in [0.25, 0.3) is 0 Å². The standard InChI is InChI=1S/2BO3.2Na.2H/c2*2-1(3)4;;;;/q2*-3;2*+1;2*-1/p+6. The molecule has 0 aliphatic carbocycles. The van der Waals surface area contributed by atoms with Gasteiger partial charge >= 0.3 is 67.7 Å². The molecule has 0 rings (SSSR count). The Morgan fingerprint density at radius 2 is 0.700 bits per heavy atom. The Labute approximate surface area is 115 Å². The third-order valence-corrected chi connectivity index (χ3v) is 0. The van der Waals surface area contributed by atoms with E-state index < -0.39 is 14.6 Å². The normalized spacial score (nSPS) is 5.40. The van der Waals surface area contributed by atoms with Crippen LogP contribution in [-0.4, -0.2) is 14.6 Å². The largest absolute Gasteiger partial charge is 1.00 e. The van der Waals surface area contributed by atoms with E-state index in [-0.39, 0.29) is 70.5 Å². The summed E-state index contributed by atoms with van der Waals surface area (Å²) < 4.78 is 0. The van der Waals surface area contributed by atoms with Crippen LogP contribution < -0.4 is 89.3 Å². The first-order chi connectivity index (χ1) is 3.46. The zero-order chi connectivity index (χ0) is 7.15. The van der Waals surface area contributed by atoms with Gasteiger partial charge in [0.15, 0.2) is 0 Å². The van der Waals surface area contributed by atoms with Crippen LogP contribution in [0.5, 0.6) is 0 Å². The second-order valence-corrected chi connectivity index (χ2v) is 0.577. The summed E-state index contributed by atoms with van der Waals surface area (Å²) in [5.74, 6) is 0. The fraction of sp³-hybridized carbons (Fsp3) is 0. The van der Waals surface area contributed by atoms with E-state index in [4.69, 9.17) is 30.1 Å². The summed E-state index contributed by atoms with van der Waals surface area (Å²) in [6.45, 7) is 0. The molecule has 0 aromatic carbocycles. The predicted octanol–water partition coefficient (Wildman–Crippen LogP) is -13.0. The zero-order valence-electron chi connectivity index (χ0n) is 13.6. The molecule has 0 amide bonds. The molecule has 0 aliphatic rings. The van der Waals surface area contributed by atoms with E-state index >= 15 is 0 Å². The summed E-state index contributed by atoms with van der Waals surface area (Å²) in [4.78, 5) is 0. The first kappa shape index (κ1) is 22.7. The molecule has 0 atom stereocenters. The van der Waals surface area contributed by atoms with Gasteiger partial charge in [-0.2, -0.15) is 0 Å². The average molecular weight is 172 g/mol. The van der Waals surface area contributed by atoms with E-state index in [0.717, 1.165) is 0 Å². The molecule has 6 nitrogen and oxygen atoms in total. The first-order valence-corrected chi connectivity index (χ1v) is 1.41. The molecule has 0 saturated heterocycles. The first-order valence-electron chi connectivity index (χ1n) is 1.41. The number of rotatable bonds is 0. The maximum atomic E-state index is 8.42. The molecular formula is H8B2Na2O6. The van der Waals surface area contributed by atoms with Crippen LogP contribution in [0.4, 0.5) is 0 Å². The Hall–Kier alpha value is 1.89. The van der Waals surface area contributed by atoms with Crippen LogP contribution in [0.1, 0.15) is 11.4 Å². The van der Waals surface area contributed by atoms with E-state index in [1.165, 1.54) is 0 Å². The van der Waals surface area contributed by atoms with Crippen LogP contribution >= 0.6 is 0 Å². The van der Waals surface area contributed by atoms with Gasteiger partial charge in [-0.05, 0) is 0 Å². The SMILES string of the molecule is [H+].[H+].[H+].[H+].[H+].[H+].[H-].[H-].[Na+].[Na+].[O-]B([O-])[O-].[O-]B([O-])[O-]. The molecule has 0 saturated carbocycles. The Balaban J connectivity index is -0.00000000257. The Bertz CT molecular complexity index is 47.1. The second-order valence-electron chi connectivity index (χ2n) is 0.577. The molecule has 0 aromatic rings. The minimum atomic E-state index is -2.92. The van der Waals surface area contributed by atoms with Crippen molar-refractivity contribution in [3.05, 3.63) is 0 Å². The predicted molar refractivity (Wildman–Crippen MR) is 20.4 cm³/mol. The third-order valence-electron chi connectivity index (χ3n) is 0. The third kappa shape index (κ3) is 219. The number of hydrogen-bond donors (Lipinski definition) is 0. The van der Waals surface area contributed by atoms with Crippen LogP contribution in [0.15, 0.2) is 0 Å². The van der Waals surface area contributed by atoms with Gasteiger partial charge in [0.1, 0.15) is 0 Å². The van der Waals surface area contributed by atoms with Gasteiger partial charge < -0.3 is 33.0 Å². The van der Waals surface area contributed by atoms with Crippen LogP contribution in [0, 0.1) is 0 Å². The van der Waals surface area contributed by atoms with E-state index in [0.29, 0.717) is 0 Å². The van der Waals surface area contributed by atoms with Gasteiger partial charge in [0.25, 0.3) is 0 Å². The minimum absolute atomic E-state index is 0. The van der Waals surface area contributed by atoms with Crippen molar-refractivity contribution in [2.24, 2.45) is 0 Å². The quantitative estimate of drug-likeness (QED) is 0.332. The average Bonchev–Trinajstić information content (AvgIpc) is 1.25. The molecular weight excluding hydrogens is 164 g/mol. The van der Waals surface area contributed by atoms with E-state index in [2.05, 4.69) is 0 Å². The fourth-order valence-corrected chi connectivity index (χ4v) is 0.